The highest BCUT2D eigenvalue weighted by Crippen LogP contribution is 2.26. The summed E-state index contributed by atoms with van der Waals surface area (Å²) < 4.78 is 5.67. The van der Waals surface area contributed by atoms with Gasteiger partial charge in [-0.15, -0.1) is 0 Å². The van der Waals surface area contributed by atoms with Crippen LogP contribution in [0.2, 0.25) is 0 Å². The third kappa shape index (κ3) is 9.08. The number of carbonyl (C=O) groups is 1. The number of hydrogen-bond donors (Lipinski definition) is 1. The second-order valence-corrected chi connectivity index (χ2v) is 8.56. The van der Waals surface area contributed by atoms with E-state index in [0.717, 1.165) is 36.6 Å². The number of ether oxygens (including phenoxy) is 1. The van der Waals surface area contributed by atoms with Gasteiger partial charge in [0.2, 0.25) is 5.91 Å². The lowest BCUT2D eigenvalue weighted by molar-refractivity contribution is -0.114. The molecule has 0 fully saturated rings. The van der Waals surface area contributed by atoms with Gasteiger partial charge >= 0.3 is 0 Å². The summed E-state index contributed by atoms with van der Waals surface area (Å²) >= 11 is 0. The van der Waals surface area contributed by atoms with Crippen molar-refractivity contribution in [3.8, 4) is 5.75 Å². The molecule has 1 N–H and O–H groups in total. The highest BCUT2D eigenvalue weighted by atomic mass is 16.5. The maximum atomic E-state index is 11.1. The zero-order valence-corrected chi connectivity index (χ0v) is 21.9. The van der Waals surface area contributed by atoms with Crippen LogP contribution in [0.1, 0.15) is 26.7 Å². The third-order valence-electron chi connectivity index (χ3n) is 5.33. The van der Waals surface area contributed by atoms with Crippen molar-refractivity contribution in [3.63, 3.8) is 0 Å². The SMILES string of the molecule is CCCCOc1ccc(N=Nc2ccc(N=Nc3ccc(N=Nc4ccc(NC(C)=O)cc4)cc3)cc2)cc1. The second-order valence-electron chi connectivity index (χ2n) is 8.56. The Balaban J connectivity index is 1.28. The summed E-state index contributed by atoms with van der Waals surface area (Å²) in [5.41, 5.74) is 4.95. The molecule has 0 heterocycles. The molecule has 4 aromatic carbocycles. The van der Waals surface area contributed by atoms with Gasteiger partial charge in [0.1, 0.15) is 5.75 Å². The topological polar surface area (TPSA) is 112 Å². The molecule has 0 aliphatic carbocycles. The van der Waals surface area contributed by atoms with Crippen molar-refractivity contribution in [1.29, 1.82) is 0 Å². The molecule has 9 heteroatoms. The number of nitrogens with zero attached hydrogens (tertiary/aromatic N) is 6. The average Bonchev–Trinajstić information content (AvgIpc) is 2.96. The van der Waals surface area contributed by atoms with Crippen LogP contribution < -0.4 is 10.1 Å². The van der Waals surface area contributed by atoms with Crippen LogP contribution in [-0.2, 0) is 4.79 Å². The third-order valence-corrected chi connectivity index (χ3v) is 5.33. The summed E-state index contributed by atoms with van der Waals surface area (Å²) in [6.45, 7) is 4.32. The van der Waals surface area contributed by atoms with E-state index in [1.807, 2.05) is 72.8 Å². The van der Waals surface area contributed by atoms with Crippen LogP contribution in [0.25, 0.3) is 0 Å². The predicted octanol–water partition coefficient (Wildman–Crippen LogP) is 10.1. The quantitative estimate of drug-likeness (QED) is 0.157. The number of carbonyl (C=O) groups excluding carboxylic acids is 1. The molecule has 0 unspecified atom stereocenters. The monoisotopic (exact) mass is 519 g/mol. The number of benzene rings is 4. The van der Waals surface area contributed by atoms with Gasteiger partial charge in [-0.1, -0.05) is 13.3 Å². The standard InChI is InChI=1S/C30H29N7O2/c1-3-4-21-39-30-19-17-29(18-20-30)37-36-28-15-13-27(14-16-28)35-34-26-11-9-25(10-12-26)33-32-24-7-5-23(6-8-24)31-22(2)38/h5-20H,3-4,21H2,1-2H3,(H,31,38). The number of azo groups is 3. The lowest BCUT2D eigenvalue weighted by Gasteiger charge is -2.04. The van der Waals surface area contributed by atoms with Gasteiger partial charge in [0, 0.05) is 12.6 Å². The lowest BCUT2D eigenvalue weighted by Crippen LogP contribution is -2.04. The fraction of sp³-hybridized carbons (Fsp3) is 0.167. The zero-order valence-electron chi connectivity index (χ0n) is 21.9. The molecule has 0 aliphatic heterocycles. The van der Waals surface area contributed by atoms with Crippen LogP contribution in [0.4, 0.5) is 39.8 Å². The minimum atomic E-state index is -0.119. The molecule has 196 valence electrons. The summed E-state index contributed by atoms with van der Waals surface area (Å²) in [6.07, 6.45) is 2.14. The first-order valence-electron chi connectivity index (χ1n) is 12.6. The van der Waals surface area contributed by atoms with Crippen molar-refractivity contribution in [3.05, 3.63) is 97.1 Å². The van der Waals surface area contributed by atoms with Gasteiger partial charge in [-0.25, -0.2) is 0 Å². The normalized spacial score (nSPS) is 11.4. The summed E-state index contributed by atoms with van der Waals surface area (Å²) in [4.78, 5) is 11.1. The Morgan fingerprint density at radius 3 is 1.26 bits per heavy atom. The highest BCUT2D eigenvalue weighted by molar-refractivity contribution is 5.88. The van der Waals surface area contributed by atoms with Gasteiger partial charge in [0.05, 0.1) is 40.7 Å². The molecule has 0 radical (unpaired) electrons. The average molecular weight is 520 g/mol. The summed E-state index contributed by atoms with van der Waals surface area (Å²) in [6, 6.07) is 29.3. The Morgan fingerprint density at radius 2 is 0.923 bits per heavy atom. The second kappa shape index (κ2) is 14.0. The summed E-state index contributed by atoms with van der Waals surface area (Å²) in [5.74, 6) is 0.717. The molecule has 0 saturated heterocycles. The van der Waals surface area contributed by atoms with E-state index in [1.165, 1.54) is 6.92 Å². The Hall–Kier alpha value is -5.05. The molecule has 0 aromatic heterocycles. The summed E-state index contributed by atoms with van der Waals surface area (Å²) in [7, 11) is 0. The van der Waals surface area contributed by atoms with E-state index in [2.05, 4.69) is 42.9 Å². The van der Waals surface area contributed by atoms with Gasteiger partial charge in [0.15, 0.2) is 0 Å². The van der Waals surface area contributed by atoms with E-state index < -0.39 is 0 Å². The molecule has 4 rings (SSSR count). The van der Waals surface area contributed by atoms with Crippen LogP contribution in [0.3, 0.4) is 0 Å². The molecule has 0 bridgehead atoms. The molecule has 4 aromatic rings. The van der Waals surface area contributed by atoms with Crippen molar-refractivity contribution < 1.29 is 9.53 Å². The van der Waals surface area contributed by atoms with Gasteiger partial charge in [-0.2, -0.15) is 30.7 Å². The molecule has 0 saturated carbocycles. The van der Waals surface area contributed by atoms with Crippen LogP contribution >= 0.6 is 0 Å². The van der Waals surface area contributed by atoms with Crippen LogP contribution in [0.5, 0.6) is 5.75 Å². The first kappa shape index (κ1) is 27.0. The fourth-order valence-electron chi connectivity index (χ4n) is 3.28. The number of rotatable bonds is 11. The van der Waals surface area contributed by atoms with Gasteiger partial charge in [0.25, 0.3) is 0 Å². The first-order valence-corrected chi connectivity index (χ1v) is 12.6. The van der Waals surface area contributed by atoms with Crippen LogP contribution in [0.15, 0.2) is 128 Å². The lowest BCUT2D eigenvalue weighted by atomic mass is 10.3. The number of anilines is 1. The van der Waals surface area contributed by atoms with E-state index in [4.69, 9.17) is 4.74 Å². The van der Waals surface area contributed by atoms with Crippen LogP contribution in [-0.4, -0.2) is 12.5 Å². The highest BCUT2D eigenvalue weighted by Gasteiger charge is 1.98. The van der Waals surface area contributed by atoms with E-state index in [1.54, 1.807) is 24.3 Å². The molecule has 0 spiro atoms. The number of unbranched alkanes of at least 4 members (excludes halogenated alkanes) is 1. The molecular weight excluding hydrogens is 490 g/mol. The van der Waals surface area contributed by atoms with E-state index >= 15 is 0 Å². The van der Waals surface area contributed by atoms with Crippen molar-refractivity contribution in [2.24, 2.45) is 30.7 Å². The first-order chi connectivity index (χ1) is 19.1. The van der Waals surface area contributed by atoms with E-state index in [-0.39, 0.29) is 5.91 Å². The van der Waals surface area contributed by atoms with Gasteiger partial charge < -0.3 is 10.1 Å². The minimum Gasteiger partial charge on any atom is -0.494 e. The number of hydrogen-bond acceptors (Lipinski definition) is 8. The van der Waals surface area contributed by atoms with Crippen molar-refractivity contribution in [2.75, 3.05) is 11.9 Å². The Morgan fingerprint density at radius 1 is 0.590 bits per heavy atom. The molecule has 0 atom stereocenters. The van der Waals surface area contributed by atoms with Crippen molar-refractivity contribution >= 4 is 45.7 Å². The van der Waals surface area contributed by atoms with E-state index in [0.29, 0.717) is 28.4 Å². The zero-order chi connectivity index (χ0) is 27.3. The molecule has 1 amide bonds. The Kier molecular flexibility index (Phi) is 9.72. The maximum Gasteiger partial charge on any atom is 0.221 e. The van der Waals surface area contributed by atoms with Gasteiger partial charge in [-0.3, -0.25) is 4.79 Å². The van der Waals surface area contributed by atoms with Crippen LogP contribution in [0, 0.1) is 0 Å². The smallest absolute Gasteiger partial charge is 0.221 e. The predicted molar refractivity (Wildman–Crippen MR) is 153 cm³/mol. The van der Waals surface area contributed by atoms with E-state index in [9.17, 15) is 4.79 Å². The van der Waals surface area contributed by atoms with Crippen molar-refractivity contribution in [1.82, 2.24) is 0 Å². The Bertz CT molecular complexity index is 1430. The molecule has 0 aliphatic rings. The maximum absolute atomic E-state index is 11.1. The Labute approximate surface area is 227 Å². The molecular formula is C30H29N7O2. The molecule has 39 heavy (non-hydrogen) atoms. The summed E-state index contributed by atoms with van der Waals surface area (Å²) in [5, 5.41) is 28.3. The minimum absolute atomic E-state index is 0.119. The van der Waals surface area contributed by atoms with Crippen molar-refractivity contribution in [2.45, 2.75) is 26.7 Å². The fourth-order valence-corrected chi connectivity index (χ4v) is 3.28. The molecule has 9 nitrogen and oxygen atoms in total. The number of amides is 1. The largest absolute Gasteiger partial charge is 0.494 e. The number of nitrogens with one attached hydrogen (secondary N) is 1. The van der Waals surface area contributed by atoms with Gasteiger partial charge in [-0.05, 0) is 103 Å².